The van der Waals surface area contributed by atoms with Crippen LogP contribution in [0.5, 0.6) is 0 Å². The van der Waals surface area contributed by atoms with Gasteiger partial charge in [0.1, 0.15) is 6.54 Å². The Kier molecular flexibility index (Phi) is 4.38. The first-order chi connectivity index (χ1) is 10.8. The average Bonchev–Trinajstić information content (AvgIpc) is 3.18. The Morgan fingerprint density at radius 1 is 1.22 bits per heavy atom. The predicted molar refractivity (Wildman–Crippen MR) is 78.5 cm³/mol. The molecule has 0 bridgehead atoms. The standard InChI is InChI=1S/C16H22F3N3O/c1-11-2-4-12(5-3-11)22(13-6-7-13)15(23)10-21-9-8-14(20-21)16(17,18)19/h8-9,11-13H,2-7,10H2,1H3. The zero-order valence-corrected chi connectivity index (χ0v) is 13.2. The van der Waals surface area contributed by atoms with E-state index in [0.29, 0.717) is 5.92 Å². The van der Waals surface area contributed by atoms with E-state index in [2.05, 4.69) is 12.0 Å². The summed E-state index contributed by atoms with van der Waals surface area (Å²) in [5.74, 6) is 0.590. The monoisotopic (exact) mass is 329 g/mol. The molecule has 0 unspecified atom stereocenters. The zero-order chi connectivity index (χ0) is 16.6. The van der Waals surface area contributed by atoms with Crippen LogP contribution in [0.2, 0.25) is 0 Å². The first-order valence-corrected chi connectivity index (χ1v) is 8.26. The Bertz CT molecular complexity index is 557. The summed E-state index contributed by atoms with van der Waals surface area (Å²) < 4.78 is 38.9. The summed E-state index contributed by atoms with van der Waals surface area (Å²) >= 11 is 0. The van der Waals surface area contributed by atoms with Crippen LogP contribution in [0.1, 0.15) is 51.1 Å². The highest BCUT2D eigenvalue weighted by molar-refractivity contribution is 5.77. The maximum absolute atomic E-state index is 12.6. The van der Waals surface area contributed by atoms with Crippen molar-refractivity contribution in [2.45, 2.75) is 70.3 Å². The molecule has 2 aliphatic rings. The van der Waals surface area contributed by atoms with Crippen molar-refractivity contribution in [1.29, 1.82) is 0 Å². The van der Waals surface area contributed by atoms with E-state index < -0.39 is 11.9 Å². The molecule has 1 aromatic rings. The summed E-state index contributed by atoms with van der Waals surface area (Å²) in [6, 6.07) is 1.43. The number of aromatic nitrogens is 2. The Morgan fingerprint density at radius 3 is 2.26 bits per heavy atom. The van der Waals surface area contributed by atoms with Crippen LogP contribution in [0.25, 0.3) is 0 Å². The third kappa shape index (κ3) is 3.87. The number of hydrogen-bond donors (Lipinski definition) is 0. The lowest BCUT2D eigenvalue weighted by Gasteiger charge is -2.36. The second kappa shape index (κ2) is 6.17. The Balaban J connectivity index is 1.66. The molecule has 2 fully saturated rings. The molecule has 1 aromatic heterocycles. The number of halogens is 3. The van der Waals surface area contributed by atoms with Crippen LogP contribution in [0.4, 0.5) is 13.2 Å². The van der Waals surface area contributed by atoms with Crippen molar-refractivity contribution < 1.29 is 18.0 Å². The van der Waals surface area contributed by atoms with E-state index in [0.717, 1.165) is 49.3 Å². The van der Waals surface area contributed by atoms with Gasteiger partial charge in [-0.3, -0.25) is 9.48 Å². The van der Waals surface area contributed by atoms with Crippen LogP contribution >= 0.6 is 0 Å². The summed E-state index contributed by atoms with van der Waals surface area (Å²) in [6.07, 6.45) is 2.99. The molecular formula is C16H22F3N3O. The van der Waals surface area contributed by atoms with E-state index in [1.54, 1.807) is 0 Å². The van der Waals surface area contributed by atoms with Gasteiger partial charge in [-0.2, -0.15) is 18.3 Å². The van der Waals surface area contributed by atoms with Gasteiger partial charge < -0.3 is 4.90 Å². The molecule has 4 nitrogen and oxygen atoms in total. The van der Waals surface area contributed by atoms with Crippen molar-refractivity contribution >= 4 is 5.91 Å². The predicted octanol–water partition coefficient (Wildman–Crippen LogP) is 3.47. The highest BCUT2D eigenvalue weighted by Crippen LogP contribution is 2.35. The number of nitrogens with zero attached hydrogens (tertiary/aromatic N) is 3. The van der Waals surface area contributed by atoms with Crippen molar-refractivity contribution in [3.63, 3.8) is 0 Å². The van der Waals surface area contributed by atoms with Gasteiger partial charge in [-0.05, 0) is 50.5 Å². The van der Waals surface area contributed by atoms with Gasteiger partial charge in [-0.25, -0.2) is 0 Å². The van der Waals surface area contributed by atoms with E-state index in [1.165, 1.54) is 6.20 Å². The van der Waals surface area contributed by atoms with Gasteiger partial charge in [0.2, 0.25) is 5.91 Å². The van der Waals surface area contributed by atoms with E-state index in [-0.39, 0.29) is 24.5 Å². The fourth-order valence-corrected chi connectivity index (χ4v) is 3.40. The number of alkyl halides is 3. The molecule has 3 rings (SSSR count). The second-order valence-corrected chi connectivity index (χ2v) is 6.84. The minimum atomic E-state index is -4.47. The van der Waals surface area contributed by atoms with E-state index in [9.17, 15) is 18.0 Å². The highest BCUT2D eigenvalue weighted by Gasteiger charge is 2.39. The van der Waals surface area contributed by atoms with Gasteiger partial charge in [0.15, 0.2) is 5.69 Å². The molecule has 0 saturated heterocycles. The van der Waals surface area contributed by atoms with Crippen molar-refractivity contribution in [3.05, 3.63) is 18.0 Å². The summed E-state index contributed by atoms with van der Waals surface area (Å²) in [5, 5.41) is 3.48. The summed E-state index contributed by atoms with van der Waals surface area (Å²) in [4.78, 5) is 14.5. The zero-order valence-electron chi connectivity index (χ0n) is 13.2. The van der Waals surface area contributed by atoms with Crippen molar-refractivity contribution in [1.82, 2.24) is 14.7 Å². The Hall–Kier alpha value is -1.53. The summed E-state index contributed by atoms with van der Waals surface area (Å²) in [7, 11) is 0. The first kappa shape index (κ1) is 16.3. The van der Waals surface area contributed by atoms with Gasteiger partial charge in [0.25, 0.3) is 0 Å². The van der Waals surface area contributed by atoms with Crippen LogP contribution in [-0.4, -0.2) is 32.7 Å². The number of rotatable bonds is 4. The molecule has 0 aliphatic heterocycles. The quantitative estimate of drug-likeness (QED) is 0.848. The van der Waals surface area contributed by atoms with Crippen molar-refractivity contribution in [2.24, 2.45) is 5.92 Å². The van der Waals surface area contributed by atoms with Gasteiger partial charge in [-0.1, -0.05) is 6.92 Å². The highest BCUT2D eigenvalue weighted by atomic mass is 19.4. The number of carbonyl (C=O) groups is 1. The first-order valence-electron chi connectivity index (χ1n) is 8.26. The van der Waals surface area contributed by atoms with Gasteiger partial charge in [0.05, 0.1) is 0 Å². The van der Waals surface area contributed by atoms with E-state index in [1.807, 2.05) is 4.90 Å². The molecule has 0 aromatic carbocycles. The lowest BCUT2D eigenvalue weighted by molar-refractivity contribution is -0.142. The Morgan fingerprint density at radius 2 is 1.78 bits per heavy atom. The topological polar surface area (TPSA) is 38.1 Å². The molecule has 0 N–H and O–H groups in total. The van der Waals surface area contributed by atoms with Crippen LogP contribution in [0.15, 0.2) is 12.3 Å². The van der Waals surface area contributed by atoms with Gasteiger partial charge in [0, 0.05) is 18.3 Å². The molecule has 1 amide bonds. The summed E-state index contributed by atoms with van der Waals surface area (Å²) in [6.45, 7) is 2.11. The fourth-order valence-electron chi connectivity index (χ4n) is 3.40. The lowest BCUT2D eigenvalue weighted by Crippen LogP contribution is -2.45. The molecular weight excluding hydrogens is 307 g/mol. The van der Waals surface area contributed by atoms with Gasteiger partial charge in [-0.15, -0.1) is 0 Å². The third-order valence-electron chi connectivity index (χ3n) is 4.84. The van der Waals surface area contributed by atoms with Crippen LogP contribution < -0.4 is 0 Å². The lowest BCUT2D eigenvalue weighted by atomic mass is 9.86. The van der Waals surface area contributed by atoms with Crippen molar-refractivity contribution in [2.75, 3.05) is 0 Å². The second-order valence-electron chi connectivity index (χ2n) is 6.84. The number of hydrogen-bond acceptors (Lipinski definition) is 2. The van der Waals surface area contributed by atoms with Crippen LogP contribution in [0, 0.1) is 5.92 Å². The average molecular weight is 329 g/mol. The summed E-state index contributed by atoms with van der Waals surface area (Å²) in [5.41, 5.74) is -0.949. The maximum Gasteiger partial charge on any atom is 0.435 e. The van der Waals surface area contributed by atoms with Crippen LogP contribution in [-0.2, 0) is 17.5 Å². The fraction of sp³-hybridized carbons (Fsp3) is 0.750. The maximum atomic E-state index is 12.6. The van der Waals surface area contributed by atoms with Crippen molar-refractivity contribution in [3.8, 4) is 0 Å². The molecule has 0 radical (unpaired) electrons. The SMILES string of the molecule is CC1CCC(N(C(=O)Cn2ccc(C(F)(F)F)n2)C2CC2)CC1. The number of amides is 1. The molecule has 2 aliphatic carbocycles. The van der Waals surface area contributed by atoms with Gasteiger partial charge >= 0.3 is 6.18 Å². The van der Waals surface area contributed by atoms with E-state index >= 15 is 0 Å². The molecule has 0 atom stereocenters. The smallest absolute Gasteiger partial charge is 0.335 e. The molecule has 7 heteroatoms. The molecule has 23 heavy (non-hydrogen) atoms. The van der Waals surface area contributed by atoms with Crippen LogP contribution in [0.3, 0.4) is 0 Å². The minimum Gasteiger partial charge on any atom is -0.335 e. The molecule has 2 saturated carbocycles. The molecule has 0 spiro atoms. The number of carbonyl (C=O) groups excluding carboxylic acids is 1. The molecule has 1 heterocycles. The third-order valence-corrected chi connectivity index (χ3v) is 4.84. The minimum absolute atomic E-state index is 0.108. The Labute approximate surface area is 133 Å². The van der Waals surface area contributed by atoms with E-state index in [4.69, 9.17) is 0 Å². The normalized spacial score (nSPS) is 25.4. The largest absolute Gasteiger partial charge is 0.435 e. The molecule has 128 valence electrons.